The molecule has 0 aliphatic carbocycles. The first-order chi connectivity index (χ1) is 11.9. The lowest BCUT2D eigenvalue weighted by Crippen LogP contribution is -2.44. The molecule has 0 radical (unpaired) electrons. The first-order valence-corrected chi connectivity index (χ1v) is 8.33. The standard InChI is InChI=1S/C20H20N4/c1-2-9-19-17(6-1)7-5-8-18(19)16-22-24-14-12-23(13-15-24)20-10-3-4-11-21-20/h1-11,16H,12-15H2/b22-16-. The summed E-state index contributed by atoms with van der Waals surface area (Å²) in [5, 5.41) is 9.33. The molecule has 2 aromatic carbocycles. The number of hydrogen-bond donors (Lipinski definition) is 0. The summed E-state index contributed by atoms with van der Waals surface area (Å²) in [5.74, 6) is 1.05. The molecule has 0 N–H and O–H groups in total. The fourth-order valence-electron chi connectivity index (χ4n) is 3.09. The Hall–Kier alpha value is -2.88. The van der Waals surface area contributed by atoms with Crippen molar-refractivity contribution in [2.75, 3.05) is 31.1 Å². The highest BCUT2D eigenvalue weighted by Gasteiger charge is 2.16. The molecule has 0 saturated carbocycles. The molecule has 1 fully saturated rings. The molecule has 0 bridgehead atoms. The van der Waals surface area contributed by atoms with Gasteiger partial charge in [0.05, 0.1) is 19.3 Å². The van der Waals surface area contributed by atoms with Crippen molar-refractivity contribution >= 4 is 22.8 Å². The fraction of sp³-hybridized carbons (Fsp3) is 0.200. The lowest BCUT2D eigenvalue weighted by atomic mass is 10.1. The Kier molecular flexibility index (Phi) is 4.11. The Bertz CT molecular complexity index is 831. The van der Waals surface area contributed by atoms with Crippen molar-refractivity contribution in [1.29, 1.82) is 0 Å². The minimum Gasteiger partial charge on any atom is -0.353 e. The number of hydrogen-bond acceptors (Lipinski definition) is 4. The predicted molar refractivity (Wildman–Crippen MR) is 99.6 cm³/mol. The molecule has 120 valence electrons. The molecule has 1 aromatic heterocycles. The molecule has 1 saturated heterocycles. The van der Waals surface area contributed by atoms with Crippen LogP contribution in [0.25, 0.3) is 10.8 Å². The van der Waals surface area contributed by atoms with Gasteiger partial charge in [0, 0.05) is 24.8 Å². The maximum absolute atomic E-state index is 4.69. The van der Waals surface area contributed by atoms with Gasteiger partial charge in [-0.15, -0.1) is 0 Å². The average molecular weight is 316 g/mol. The molecule has 1 aliphatic rings. The van der Waals surface area contributed by atoms with Crippen LogP contribution in [0.15, 0.2) is 72.0 Å². The van der Waals surface area contributed by atoms with Gasteiger partial charge in [-0.3, -0.25) is 5.01 Å². The van der Waals surface area contributed by atoms with E-state index in [0.29, 0.717) is 0 Å². The van der Waals surface area contributed by atoms with Gasteiger partial charge in [-0.2, -0.15) is 5.10 Å². The Morgan fingerprint density at radius 2 is 1.62 bits per heavy atom. The van der Waals surface area contributed by atoms with Crippen molar-refractivity contribution in [1.82, 2.24) is 9.99 Å². The van der Waals surface area contributed by atoms with E-state index in [2.05, 4.69) is 63.4 Å². The second kappa shape index (κ2) is 6.71. The predicted octanol–water partition coefficient (Wildman–Crippen LogP) is 3.39. The monoisotopic (exact) mass is 316 g/mol. The van der Waals surface area contributed by atoms with Gasteiger partial charge < -0.3 is 4.90 Å². The Morgan fingerprint density at radius 1 is 0.833 bits per heavy atom. The zero-order valence-corrected chi connectivity index (χ0v) is 13.5. The van der Waals surface area contributed by atoms with Gasteiger partial charge in [0.1, 0.15) is 5.82 Å². The van der Waals surface area contributed by atoms with Crippen LogP contribution in [-0.4, -0.2) is 42.4 Å². The third kappa shape index (κ3) is 3.08. The summed E-state index contributed by atoms with van der Waals surface area (Å²) in [7, 11) is 0. The molecule has 2 heterocycles. The van der Waals surface area contributed by atoms with Crippen molar-refractivity contribution in [2.24, 2.45) is 5.10 Å². The van der Waals surface area contributed by atoms with Crippen LogP contribution in [0.4, 0.5) is 5.82 Å². The number of fused-ring (bicyclic) bond motifs is 1. The number of hydrazone groups is 1. The normalized spacial score (nSPS) is 15.3. The minimum atomic E-state index is 0.915. The molecule has 0 amide bonds. The maximum Gasteiger partial charge on any atom is 0.128 e. The molecule has 0 unspecified atom stereocenters. The van der Waals surface area contributed by atoms with E-state index in [4.69, 9.17) is 5.10 Å². The van der Waals surface area contributed by atoms with E-state index in [9.17, 15) is 0 Å². The molecule has 4 heteroatoms. The Morgan fingerprint density at radius 3 is 2.46 bits per heavy atom. The molecule has 3 aromatic rings. The van der Waals surface area contributed by atoms with Gasteiger partial charge >= 0.3 is 0 Å². The molecular weight excluding hydrogens is 296 g/mol. The van der Waals surface area contributed by atoms with E-state index in [1.54, 1.807) is 0 Å². The van der Waals surface area contributed by atoms with Crippen molar-refractivity contribution in [3.05, 3.63) is 72.4 Å². The zero-order chi connectivity index (χ0) is 16.2. The Balaban J connectivity index is 1.44. The second-order valence-corrected chi connectivity index (χ2v) is 5.94. The number of nitrogens with zero attached hydrogens (tertiary/aromatic N) is 4. The first-order valence-electron chi connectivity index (χ1n) is 8.33. The van der Waals surface area contributed by atoms with Crippen LogP contribution in [0.1, 0.15) is 5.56 Å². The summed E-state index contributed by atoms with van der Waals surface area (Å²) in [6, 6.07) is 20.8. The summed E-state index contributed by atoms with van der Waals surface area (Å²) in [5.41, 5.74) is 1.17. The molecule has 0 atom stereocenters. The van der Waals surface area contributed by atoms with Crippen LogP contribution in [0, 0.1) is 0 Å². The SMILES string of the molecule is C(=N/N1CCN(c2ccccn2)CC1)/c1cccc2ccccc12. The number of anilines is 1. The van der Waals surface area contributed by atoms with Crippen LogP contribution in [0.2, 0.25) is 0 Å². The fourth-order valence-corrected chi connectivity index (χ4v) is 3.09. The lowest BCUT2D eigenvalue weighted by Gasteiger charge is -2.33. The smallest absolute Gasteiger partial charge is 0.128 e. The third-order valence-corrected chi connectivity index (χ3v) is 4.41. The average Bonchev–Trinajstić information content (AvgIpc) is 2.67. The number of piperazine rings is 1. The van der Waals surface area contributed by atoms with E-state index in [0.717, 1.165) is 32.0 Å². The summed E-state index contributed by atoms with van der Waals surface area (Å²) >= 11 is 0. The second-order valence-electron chi connectivity index (χ2n) is 5.94. The highest BCUT2D eigenvalue weighted by Crippen LogP contribution is 2.17. The number of benzene rings is 2. The number of rotatable bonds is 3. The molecule has 24 heavy (non-hydrogen) atoms. The topological polar surface area (TPSA) is 31.7 Å². The largest absolute Gasteiger partial charge is 0.353 e. The van der Waals surface area contributed by atoms with Gasteiger partial charge in [0.25, 0.3) is 0 Å². The van der Waals surface area contributed by atoms with E-state index in [1.807, 2.05) is 24.5 Å². The Labute approximate surface area is 142 Å². The van der Waals surface area contributed by atoms with E-state index in [1.165, 1.54) is 16.3 Å². The first kappa shape index (κ1) is 14.7. The number of aromatic nitrogens is 1. The molecule has 4 rings (SSSR count). The van der Waals surface area contributed by atoms with Crippen molar-refractivity contribution in [2.45, 2.75) is 0 Å². The van der Waals surface area contributed by atoms with Crippen molar-refractivity contribution in [3.8, 4) is 0 Å². The van der Waals surface area contributed by atoms with Crippen LogP contribution in [0.5, 0.6) is 0 Å². The number of pyridine rings is 1. The summed E-state index contributed by atoms with van der Waals surface area (Å²) in [4.78, 5) is 6.73. The maximum atomic E-state index is 4.69. The highest BCUT2D eigenvalue weighted by molar-refractivity contribution is 5.99. The summed E-state index contributed by atoms with van der Waals surface area (Å²) in [6.45, 7) is 3.73. The molecule has 4 nitrogen and oxygen atoms in total. The lowest BCUT2D eigenvalue weighted by molar-refractivity contribution is 0.271. The van der Waals surface area contributed by atoms with Crippen molar-refractivity contribution in [3.63, 3.8) is 0 Å². The summed E-state index contributed by atoms with van der Waals surface area (Å²) < 4.78 is 0. The van der Waals surface area contributed by atoms with Gasteiger partial charge in [0.2, 0.25) is 0 Å². The van der Waals surface area contributed by atoms with Gasteiger partial charge in [0.15, 0.2) is 0 Å². The van der Waals surface area contributed by atoms with E-state index >= 15 is 0 Å². The van der Waals surface area contributed by atoms with Gasteiger partial charge in [-0.05, 0) is 22.9 Å². The molecular formula is C20H20N4. The van der Waals surface area contributed by atoms with Crippen LogP contribution < -0.4 is 4.90 Å². The zero-order valence-electron chi connectivity index (χ0n) is 13.5. The quantitative estimate of drug-likeness (QED) is 0.694. The minimum absolute atomic E-state index is 0.915. The van der Waals surface area contributed by atoms with E-state index < -0.39 is 0 Å². The molecule has 1 aliphatic heterocycles. The summed E-state index contributed by atoms with van der Waals surface area (Å²) in [6.07, 6.45) is 3.83. The van der Waals surface area contributed by atoms with E-state index in [-0.39, 0.29) is 0 Å². The van der Waals surface area contributed by atoms with Gasteiger partial charge in [-0.1, -0.05) is 48.5 Å². The van der Waals surface area contributed by atoms with Crippen LogP contribution >= 0.6 is 0 Å². The van der Waals surface area contributed by atoms with Gasteiger partial charge in [-0.25, -0.2) is 4.98 Å². The van der Waals surface area contributed by atoms with Crippen molar-refractivity contribution < 1.29 is 0 Å². The third-order valence-electron chi connectivity index (χ3n) is 4.41. The van der Waals surface area contributed by atoms with Crippen LogP contribution in [-0.2, 0) is 0 Å². The highest BCUT2D eigenvalue weighted by atomic mass is 15.5. The van der Waals surface area contributed by atoms with Crippen LogP contribution in [0.3, 0.4) is 0 Å². The molecule has 0 spiro atoms.